The lowest BCUT2D eigenvalue weighted by Gasteiger charge is -2.14. The first-order chi connectivity index (χ1) is 8.01. The fraction of sp³-hybridized carbons (Fsp3) is 0.556. The van der Waals surface area contributed by atoms with E-state index in [1.165, 1.54) is 12.3 Å². The Hall–Kier alpha value is -1.54. The molecule has 0 aliphatic carbocycles. The van der Waals surface area contributed by atoms with Gasteiger partial charge < -0.3 is 15.2 Å². The molecule has 94 valence electrons. The summed E-state index contributed by atoms with van der Waals surface area (Å²) in [6.45, 7) is -0.752. The molecule has 0 saturated carbocycles. The van der Waals surface area contributed by atoms with Crippen molar-refractivity contribution in [1.82, 2.24) is 9.97 Å². The van der Waals surface area contributed by atoms with Crippen LogP contribution in [0.15, 0.2) is 17.1 Å². The summed E-state index contributed by atoms with van der Waals surface area (Å²) in [5, 5.41) is 11.3. The van der Waals surface area contributed by atoms with Gasteiger partial charge in [0.05, 0.1) is 13.0 Å². The molecule has 0 bridgehead atoms. The standard InChI is InChI=1S/C9H11F2N3O3/c10-9(11)3-7(17-5(9)4-15)13-6-1-2-12-8(16)14-6/h1-2,5,7,15H,3-4H2,(H2,12,13,14,16)/t5-,7-/m0/s1. The van der Waals surface area contributed by atoms with Crippen LogP contribution in [-0.4, -0.2) is 39.9 Å². The third kappa shape index (κ3) is 2.59. The first-order valence-electron chi connectivity index (χ1n) is 4.97. The van der Waals surface area contributed by atoms with Crippen LogP contribution >= 0.6 is 0 Å². The largest absolute Gasteiger partial charge is 0.393 e. The van der Waals surface area contributed by atoms with Gasteiger partial charge in [-0.2, -0.15) is 0 Å². The van der Waals surface area contributed by atoms with Crippen LogP contribution in [0.2, 0.25) is 0 Å². The molecule has 1 aliphatic rings. The van der Waals surface area contributed by atoms with Crippen molar-refractivity contribution in [2.24, 2.45) is 0 Å². The quantitative estimate of drug-likeness (QED) is 0.695. The number of nitrogens with zero attached hydrogens (tertiary/aromatic N) is 1. The van der Waals surface area contributed by atoms with E-state index in [2.05, 4.69) is 15.3 Å². The average molecular weight is 247 g/mol. The number of anilines is 1. The Morgan fingerprint density at radius 2 is 2.47 bits per heavy atom. The number of hydrogen-bond acceptors (Lipinski definition) is 5. The molecule has 0 aromatic carbocycles. The van der Waals surface area contributed by atoms with Gasteiger partial charge in [-0.3, -0.25) is 4.98 Å². The number of aromatic amines is 1. The normalized spacial score (nSPS) is 27.0. The number of alkyl halides is 2. The molecule has 0 spiro atoms. The molecule has 17 heavy (non-hydrogen) atoms. The molecular formula is C9H11F2N3O3. The smallest absolute Gasteiger partial charge is 0.346 e. The van der Waals surface area contributed by atoms with Gasteiger partial charge in [-0.25, -0.2) is 18.6 Å². The minimum atomic E-state index is -3.08. The third-order valence-electron chi connectivity index (χ3n) is 2.41. The molecule has 1 aromatic rings. The summed E-state index contributed by atoms with van der Waals surface area (Å²) in [5.74, 6) is -2.84. The molecule has 0 amide bonds. The molecule has 6 nitrogen and oxygen atoms in total. The highest BCUT2D eigenvalue weighted by Gasteiger charge is 2.49. The van der Waals surface area contributed by atoms with Crippen LogP contribution in [0.3, 0.4) is 0 Å². The molecule has 1 fully saturated rings. The molecule has 0 unspecified atom stereocenters. The van der Waals surface area contributed by atoms with E-state index in [1.807, 2.05) is 0 Å². The van der Waals surface area contributed by atoms with Gasteiger partial charge in [0, 0.05) is 6.20 Å². The third-order valence-corrected chi connectivity index (χ3v) is 2.41. The van der Waals surface area contributed by atoms with E-state index in [0.29, 0.717) is 0 Å². The van der Waals surface area contributed by atoms with Crippen molar-refractivity contribution in [2.75, 3.05) is 11.9 Å². The molecule has 8 heteroatoms. The van der Waals surface area contributed by atoms with Crippen molar-refractivity contribution in [3.63, 3.8) is 0 Å². The van der Waals surface area contributed by atoms with Gasteiger partial charge in [-0.15, -0.1) is 0 Å². The Morgan fingerprint density at radius 3 is 3.06 bits per heavy atom. The summed E-state index contributed by atoms with van der Waals surface area (Å²) in [6, 6.07) is 1.43. The Labute approximate surface area is 94.6 Å². The number of halogens is 2. The lowest BCUT2D eigenvalue weighted by atomic mass is 10.2. The molecule has 1 aliphatic heterocycles. The van der Waals surface area contributed by atoms with Crippen molar-refractivity contribution in [2.45, 2.75) is 24.7 Å². The SMILES string of the molecule is O=c1nccc(N[C@@H]2CC(F)(F)[C@H](CO)O2)[nH]1. The van der Waals surface area contributed by atoms with Gasteiger partial charge >= 0.3 is 5.69 Å². The van der Waals surface area contributed by atoms with Gasteiger partial charge in [0.2, 0.25) is 0 Å². The zero-order chi connectivity index (χ0) is 12.5. The van der Waals surface area contributed by atoms with Gasteiger partial charge in [0.15, 0.2) is 0 Å². The summed E-state index contributed by atoms with van der Waals surface area (Å²) in [6.07, 6.45) is -1.80. The van der Waals surface area contributed by atoms with Crippen molar-refractivity contribution in [3.8, 4) is 0 Å². The zero-order valence-corrected chi connectivity index (χ0v) is 8.69. The number of ether oxygens (including phenoxy) is 1. The first kappa shape index (κ1) is 11.9. The summed E-state index contributed by atoms with van der Waals surface area (Å²) in [5.41, 5.74) is -0.585. The van der Waals surface area contributed by atoms with Gasteiger partial charge in [0.25, 0.3) is 5.92 Å². The maximum absolute atomic E-state index is 13.2. The lowest BCUT2D eigenvalue weighted by molar-refractivity contribution is -0.0927. The number of H-pyrrole nitrogens is 1. The second-order valence-electron chi connectivity index (χ2n) is 3.69. The van der Waals surface area contributed by atoms with Crippen LogP contribution in [0.1, 0.15) is 6.42 Å². The molecular weight excluding hydrogens is 236 g/mol. The molecule has 2 atom stereocenters. The maximum Gasteiger partial charge on any atom is 0.346 e. The summed E-state index contributed by atoms with van der Waals surface area (Å²) in [4.78, 5) is 16.6. The maximum atomic E-state index is 13.2. The van der Waals surface area contributed by atoms with E-state index in [4.69, 9.17) is 9.84 Å². The minimum Gasteiger partial charge on any atom is -0.393 e. The van der Waals surface area contributed by atoms with Crippen LogP contribution in [0.4, 0.5) is 14.6 Å². The second kappa shape index (κ2) is 4.38. The average Bonchev–Trinajstić information content (AvgIpc) is 2.52. The minimum absolute atomic E-state index is 0.240. The second-order valence-corrected chi connectivity index (χ2v) is 3.69. The number of nitrogens with one attached hydrogen (secondary N) is 2. The van der Waals surface area contributed by atoms with Crippen LogP contribution in [0.5, 0.6) is 0 Å². The van der Waals surface area contributed by atoms with Crippen LogP contribution in [-0.2, 0) is 4.74 Å². The monoisotopic (exact) mass is 247 g/mol. The van der Waals surface area contributed by atoms with Gasteiger partial charge in [-0.05, 0) is 6.07 Å². The molecule has 2 rings (SSSR count). The summed E-state index contributed by atoms with van der Waals surface area (Å²) >= 11 is 0. The number of aliphatic hydroxyl groups is 1. The van der Waals surface area contributed by atoms with Crippen molar-refractivity contribution >= 4 is 5.82 Å². The van der Waals surface area contributed by atoms with Crippen LogP contribution in [0.25, 0.3) is 0 Å². The van der Waals surface area contributed by atoms with Crippen LogP contribution in [0, 0.1) is 0 Å². The van der Waals surface area contributed by atoms with E-state index in [0.717, 1.165) is 0 Å². The van der Waals surface area contributed by atoms with Crippen LogP contribution < -0.4 is 11.0 Å². The zero-order valence-electron chi connectivity index (χ0n) is 8.69. The predicted molar refractivity (Wildman–Crippen MR) is 53.8 cm³/mol. The van der Waals surface area contributed by atoms with E-state index in [-0.39, 0.29) is 5.82 Å². The highest BCUT2D eigenvalue weighted by atomic mass is 19.3. The predicted octanol–water partition coefficient (Wildman–Crippen LogP) is -0.0756. The Balaban J connectivity index is 2.05. The van der Waals surface area contributed by atoms with E-state index in [1.54, 1.807) is 0 Å². The Morgan fingerprint density at radius 1 is 1.71 bits per heavy atom. The molecule has 2 heterocycles. The molecule has 0 radical (unpaired) electrons. The number of aromatic nitrogens is 2. The van der Waals surface area contributed by atoms with Gasteiger partial charge in [-0.1, -0.05) is 0 Å². The fourth-order valence-electron chi connectivity index (χ4n) is 1.61. The Bertz CT molecular complexity index is 451. The van der Waals surface area contributed by atoms with E-state index in [9.17, 15) is 13.6 Å². The lowest BCUT2D eigenvalue weighted by Crippen LogP contribution is -2.31. The highest BCUT2D eigenvalue weighted by Crippen LogP contribution is 2.35. The first-order valence-corrected chi connectivity index (χ1v) is 4.97. The highest BCUT2D eigenvalue weighted by molar-refractivity contribution is 5.32. The van der Waals surface area contributed by atoms with Crippen molar-refractivity contribution in [1.29, 1.82) is 0 Å². The fourth-order valence-corrected chi connectivity index (χ4v) is 1.61. The number of hydrogen-bond donors (Lipinski definition) is 3. The van der Waals surface area contributed by atoms with E-state index < -0.39 is 37.0 Å². The van der Waals surface area contributed by atoms with Crippen molar-refractivity contribution in [3.05, 3.63) is 22.7 Å². The topological polar surface area (TPSA) is 87.2 Å². The molecule has 1 saturated heterocycles. The Kier molecular flexibility index (Phi) is 3.07. The van der Waals surface area contributed by atoms with Crippen molar-refractivity contribution < 1.29 is 18.6 Å². The molecule has 3 N–H and O–H groups in total. The number of aliphatic hydroxyl groups excluding tert-OH is 1. The summed E-state index contributed by atoms with van der Waals surface area (Å²) < 4.78 is 31.4. The van der Waals surface area contributed by atoms with E-state index >= 15 is 0 Å². The number of rotatable bonds is 3. The van der Waals surface area contributed by atoms with Gasteiger partial charge in [0.1, 0.15) is 18.1 Å². The molecule has 1 aromatic heterocycles. The summed E-state index contributed by atoms with van der Waals surface area (Å²) in [7, 11) is 0.